The standard InChI is InChI=1S/C17H15N3O2S/c1-11(14-10-23-15-7-3-2-6-13(14)15)19-16(21)17(22)20-12-5-4-8-18-9-12/h2-11H,1H3,(H,19,21)(H,20,22)/t11-/m1/s1. The fourth-order valence-corrected chi connectivity index (χ4v) is 3.35. The van der Waals surface area contributed by atoms with Gasteiger partial charge in [0.15, 0.2) is 0 Å². The highest BCUT2D eigenvalue weighted by Crippen LogP contribution is 2.29. The fraction of sp³-hybridized carbons (Fsp3) is 0.118. The summed E-state index contributed by atoms with van der Waals surface area (Å²) in [6.45, 7) is 1.86. The summed E-state index contributed by atoms with van der Waals surface area (Å²) in [7, 11) is 0. The van der Waals surface area contributed by atoms with Gasteiger partial charge in [0, 0.05) is 10.9 Å². The molecule has 0 unspecified atom stereocenters. The molecule has 0 spiro atoms. The van der Waals surface area contributed by atoms with Crippen molar-refractivity contribution in [3.63, 3.8) is 0 Å². The number of nitrogens with one attached hydrogen (secondary N) is 2. The van der Waals surface area contributed by atoms with Crippen molar-refractivity contribution in [3.8, 4) is 0 Å². The van der Waals surface area contributed by atoms with Crippen LogP contribution in [0, 0.1) is 0 Å². The Morgan fingerprint density at radius 2 is 1.96 bits per heavy atom. The largest absolute Gasteiger partial charge is 0.341 e. The normalized spacial score (nSPS) is 11.9. The Morgan fingerprint density at radius 3 is 2.74 bits per heavy atom. The van der Waals surface area contributed by atoms with Crippen LogP contribution in [0.15, 0.2) is 54.2 Å². The molecule has 1 atom stereocenters. The van der Waals surface area contributed by atoms with E-state index in [1.165, 1.54) is 6.20 Å². The third-order valence-corrected chi connectivity index (χ3v) is 4.43. The summed E-state index contributed by atoms with van der Waals surface area (Å²) >= 11 is 1.62. The molecule has 2 aromatic heterocycles. The van der Waals surface area contributed by atoms with Crippen LogP contribution in [-0.4, -0.2) is 16.8 Å². The Bertz CT molecular complexity index is 845. The molecular formula is C17H15N3O2S. The minimum Gasteiger partial charge on any atom is -0.341 e. The van der Waals surface area contributed by atoms with E-state index in [4.69, 9.17) is 0 Å². The van der Waals surface area contributed by atoms with Gasteiger partial charge >= 0.3 is 11.8 Å². The third kappa shape index (κ3) is 3.37. The number of fused-ring (bicyclic) bond motifs is 1. The van der Waals surface area contributed by atoms with E-state index in [2.05, 4.69) is 15.6 Å². The van der Waals surface area contributed by atoms with Crippen molar-refractivity contribution in [2.75, 3.05) is 5.32 Å². The molecule has 23 heavy (non-hydrogen) atoms. The van der Waals surface area contributed by atoms with Gasteiger partial charge in [0.05, 0.1) is 17.9 Å². The van der Waals surface area contributed by atoms with Crippen LogP contribution in [-0.2, 0) is 9.59 Å². The number of amides is 2. The number of anilines is 1. The minimum absolute atomic E-state index is 0.252. The van der Waals surface area contributed by atoms with E-state index in [1.54, 1.807) is 29.7 Å². The molecule has 0 aliphatic heterocycles. The molecule has 116 valence electrons. The van der Waals surface area contributed by atoms with E-state index >= 15 is 0 Å². The van der Waals surface area contributed by atoms with Crippen molar-refractivity contribution in [2.45, 2.75) is 13.0 Å². The first-order valence-electron chi connectivity index (χ1n) is 7.13. The first kappa shape index (κ1) is 15.2. The van der Waals surface area contributed by atoms with Gasteiger partial charge in [0.1, 0.15) is 0 Å². The molecule has 1 aromatic carbocycles. The number of benzene rings is 1. The van der Waals surface area contributed by atoms with Gasteiger partial charge < -0.3 is 10.6 Å². The molecule has 2 heterocycles. The summed E-state index contributed by atoms with van der Waals surface area (Å²) < 4.78 is 1.16. The molecule has 0 bridgehead atoms. The van der Waals surface area contributed by atoms with Crippen LogP contribution in [0.5, 0.6) is 0 Å². The number of rotatable bonds is 3. The predicted molar refractivity (Wildman–Crippen MR) is 91.2 cm³/mol. The van der Waals surface area contributed by atoms with Gasteiger partial charge in [-0.2, -0.15) is 0 Å². The van der Waals surface area contributed by atoms with Gasteiger partial charge in [-0.15, -0.1) is 11.3 Å². The van der Waals surface area contributed by atoms with E-state index in [-0.39, 0.29) is 6.04 Å². The van der Waals surface area contributed by atoms with Crippen LogP contribution in [0.4, 0.5) is 5.69 Å². The molecule has 0 aliphatic carbocycles. The number of aromatic nitrogens is 1. The zero-order valence-electron chi connectivity index (χ0n) is 12.4. The maximum absolute atomic E-state index is 12.0. The lowest BCUT2D eigenvalue weighted by Crippen LogP contribution is -2.36. The first-order valence-corrected chi connectivity index (χ1v) is 8.01. The number of hydrogen-bond acceptors (Lipinski definition) is 4. The number of thiophene rings is 1. The maximum atomic E-state index is 12.0. The highest BCUT2D eigenvalue weighted by atomic mass is 32.1. The zero-order chi connectivity index (χ0) is 16.2. The predicted octanol–water partition coefficient (Wildman–Crippen LogP) is 3.11. The quantitative estimate of drug-likeness (QED) is 0.727. The summed E-state index contributed by atoms with van der Waals surface area (Å²) in [6.07, 6.45) is 3.08. The highest BCUT2D eigenvalue weighted by molar-refractivity contribution is 7.17. The monoisotopic (exact) mass is 325 g/mol. The molecule has 0 aliphatic rings. The van der Waals surface area contributed by atoms with E-state index < -0.39 is 11.8 Å². The van der Waals surface area contributed by atoms with Crippen LogP contribution in [0.1, 0.15) is 18.5 Å². The lowest BCUT2D eigenvalue weighted by Gasteiger charge is -2.13. The first-order chi connectivity index (χ1) is 11.1. The SMILES string of the molecule is C[C@@H](NC(=O)C(=O)Nc1cccnc1)c1csc2ccccc12. The second kappa shape index (κ2) is 6.58. The second-order valence-electron chi connectivity index (χ2n) is 5.08. The van der Waals surface area contributed by atoms with Crippen molar-refractivity contribution in [1.29, 1.82) is 0 Å². The molecule has 0 saturated carbocycles. The van der Waals surface area contributed by atoms with E-state index in [1.807, 2.05) is 36.6 Å². The van der Waals surface area contributed by atoms with Gasteiger partial charge in [0.2, 0.25) is 0 Å². The molecule has 6 heteroatoms. The minimum atomic E-state index is -0.704. The Hall–Kier alpha value is -2.73. The Morgan fingerprint density at radius 1 is 1.13 bits per heavy atom. The number of carbonyl (C=O) groups is 2. The topological polar surface area (TPSA) is 71.1 Å². The van der Waals surface area contributed by atoms with Crippen molar-refractivity contribution in [1.82, 2.24) is 10.3 Å². The van der Waals surface area contributed by atoms with Crippen molar-refractivity contribution >= 4 is 38.9 Å². The summed E-state index contributed by atoms with van der Waals surface area (Å²) in [6, 6.07) is 11.1. The fourth-order valence-electron chi connectivity index (χ4n) is 2.30. The van der Waals surface area contributed by atoms with Crippen molar-refractivity contribution < 1.29 is 9.59 Å². The lowest BCUT2D eigenvalue weighted by atomic mass is 10.1. The lowest BCUT2D eigenvalue weighted by molar-refractivity contribution is -0.136. The number of pyridine rings is 1. The van der Waals surface area contributed by atoms with Gasteiger partial charge in [-0.25, -0.2) is 0 Å². The zero-order valence-corrected chi connectivity index (χ0v) is 13.3. The van der Waals surface area contributed by atoms with Crippen LogP contribution in [0.25, 0.3) is 10.1 Å². The van der Waals surface area contributed by atoms with Crippen LogP contribution < -0.4 is 10.6 Å². The van der Waals surface area contributed by atoms with E-state index in [0.29, 0.717) is 5.69 Å². The van der Waals surface area contributed by atoms with Gasteiger partial charge in [-0.3, -0.25) is 14.6 Å². The van der Waals surface area contributed by atoms with Crippen LogP contribution >= 0.6 is 11.3 Å². The Kier molecular flexibility index (Phi) is 4.34. The van der Waals surface area contributed by atoms with E-state index in [0.717, 1.165) is 15.6 Å². The van der Waals surface area contributed by atoms with Crippen molar-refractivity contribution in [3.05, 3.63) is 59.7 Å². The molecule has 5 nitrogen and oxygen atoms in total. The Balaban J connectivity index is 1.68. The van der Waals surface area contributed by atoms with Crippen LogP contribution in [0.2, 0.25) is 0 Å². The van der Waals surface area contributed by atoms with Crippen LogP contribution in [0.3, 0.4) is 0 Å². The Labute approximate surface area is 137 Å². The molecular weight excluding hydrogens is 310 g/mol. The second-order valence-corrected chi connectivity index (χ2v) is 5.99. The molecule has 0 radical (unpaired) electrons. The summed E-state index contributed by atoms with van der Waals surface area (Å²) in [5.41, 5.74) is 1.49. The van der Waals surface area contributed by atoms with E-state index in [9.17, 15) is 9.59 Å². The number of hydrogen-bond donors (Lipinski definition) is 2. The molecule has 0 saturated heterocycles. The highest BCUT2D eigenvalue weighted by Gasteiger charge is 2.19. The average molecular weight is 325 g/mol. The number of nitrogens with zero attached hydrogens (tertiary/aromatic N) is 1. The summed E-state index contributed by atoms with van der Waals surface area (Å²) in [5, 5.41) is 8.35. The van der Waals surface area contributed by atoms with Crippen molar-refractivity contribution in [2.24, 2.45) is 0 Å². The molecule has 0 fully saturated rings. The van der Waals surface area contributed by atoms with Gasteiger partial charge in [-0.1, -0.05) is 18.2 Å². The maximum Gasteiger partial charge on any atom is 0.313 e. The van der Waals surface area contributed by atoms with Gasteiger partial charge in [0.25, 0.3) is 0 Å². The summed E-state index contributed by atoms with van der Waals surface area (Å²) in [4.78, 5) is 27.9. The summed E-state index contributed by atoms with van der Waals surface area (Å²) in [5.74, 6) is -1.37. The van der Waals surface area contributed by atoms with Gasteiger partial charge in [-0.05, 0) is 41.5 Å². The third-order valence-electron chi connectivity index (χ3n) is 3.45. The number of carbonyl (C=O) groups excluding carboxylic acids is 2. The molecule has 3 aromatic rings. The average Bonchev–Trinajstić information content (AvgIpc) is 2.99. The molecule has 2 N–H and O–H groups in total. The molecule has 3 rings (SSSR count). The molecule has 2 amide bonds. The smallest absolute Gasteiger partial charge is 0.313 e.